The molecule has 0 aliphatic carbocycles. The Morgan fingerprint density at radius 1 is 0.333 bits per heavy atom. The van der Waals surface area contributed by atoms with Crippen molar-refractivity contribution in [1.82, 2.24) is 14.1 Å². The molecule has 3 aromatic heterocycles. The second-order valence-electron chi connectivity index (χ2n) is 14.0. The summed E-state index contributed by atoms with van der Waals surface area (Å²) in [4.78, 5) is 5.47. The van der Waals surface area contributed by atoms with E-state index in [0.717, 1.165) is 44.9 Å². The smallest absolute Gasteiger partial charge is 0.138 e. The summed E-state index contributed by atoms with van der Waals surface area (Å²) in [5, 5.41) is 7.30. The second-order valence-corrected chi connectivity index (χ2v) is 14.0. The molecule has 11 rings (SSSR count). The van der Waals surface area contributed by atoms with Gasteiger partial charge >= 0.3 is 0 Å². The summed E-state index contributed by atoms with van der Waals surface area (Å²) in [7, 11) is 0. The molecule has 0 aliphatic heterocycles. The molecule has 0 aliphatic rings. The van der Waals surface area contributed by atoms with Gasteiger partial charge in [-0.25, -0.2) is 4.98 Å². The van der Waals surface area contributed by atoms with Crippen LogP contribution in [0.15, 0.2) is 200 Å². The molecule has 0 fully saturated rings. The molecule has 0 saturated heterocycles. The molecule has 0 bridgehead atoms. The van der Waals surface area contributed by atoms with Crippen LogP contribution in [-0.2, 0) is 0 Å². The van der Waals surface area contributed by atoms with Gasteiger partial charge in [-0.2, -0.15) is 0 Å². The molecule has 3 heterocycles. The Morgan fingerprint density at radius 2 is 0.907 bits per heavy atom. The molecule has 252 valence electrons. The largest absolute Gasteiger partial charge is 0.309 e. The molecule has 0 unspecified atom stereocenters. The Bertz CT molecular complexity index is 3130. The lowest BCUT2D eigenvalue weighted by molar-refractivity contribution is 1.09. The third-order valence-electron chi connectivity index (χ3n) is 10.9. The van der Waals surface area contributed by atoms with E-state index >= 15 is 0 Å². The number of para-hydroxylation sites is 3. The van der Waals surface area contributed by atoms with Gasteiger partial charge in [-0.3, -0.25) is 4.57 Å². The van der Waals surface area contributed by atoms with E-state index in [0.29, 0.717) is 0 Å². The van der Waals surface area contributed by atoms with E-state index in [1.807, 2.05) is 0 Å². The Balaban J connectivity index is 1.27. The molecule has 0 saturated carbocycles. The zero-order valence-electron chi connectivity index (χ0n) is 29.4. The van der Waals surface area contributed by atoms with Crippen LogP contribution in [0, 0.1) is 0 Å². The van der Waals surface area contributed by atoms with Crippen molar-refractivity contribution in [3.8, 4) is 45.0 Å². The summed E-state index contributed by atoms with van der Waals surface area (Å²) in [5.41, 5.74) is 12.5. The topological polar surface area (TPSA) is 22.8 Å². The first-order chi connectivity index (χ1) is 26.8. The molecular weight excluding hydrogens is 655 g/mol. The fourth-order valence-electron chi connectivity index (χ4n) is 8.49. The van der Waals surface area contributed by atoms with Gasteiger partial charge in [0, 0.05) is 38.4 Å². The Kier molecular flexibility index (Phi) is 6.86. The third kappa shape index (κ3) is 4.72. The van der Waals surface area contributed by atoms with Crippen LogP contribution in [0.4, 0.5) is 0 Å². The van der Waals surface area contributed by atoms with Crippen LogP contribution in [0.5, 0.6) is 0 Å². The summed E-state index contributed by atoms with van der Waals surface area (Å²) >= 11 is 0. The van der Waals surface area contributed by atoms with E-state index in [1.165, 1.54) is 54.5 Å². The number of hydrogen-bond donors (Lipinski definition) is 0. The van der Waals surface area contributed by atoms with Gasteiger partial charge in [0.05, 0.1) is 27.8 Å². The first kappa shape index (κ1) is 30.4. The van der Waals surface area contributed by atoms with E-state index in [4.69, 9.17) is 4.98 Å². The summed E-state index contributed by atoms with van der Waals surface area (Å²) in [6.07, 6.45) is 0. The van der Waals surface area contributed by atoms with Crippen molar-refractivity contribution in [3.05, 3.63) is 200 Å². The van der Waals surface area contributed by atoms with E-state index < -0.39 is 0 Å². The van der Waals surface area contributed by atoms with Crippen LogP contribution >= 0.6 is 0 Å². The molecule has 0 spiro atoms. The predicted molar refractivity (Wildman–Crippen MR) is 227 cm³/mol. The minimum absolute atomic E-state index is 0.889. The lowest BCUT2D eigenvalue weighted by Crippen LogP contribution is -2.01. The minimum Gasteiger partial charge on any atom is -0.309 e. The average molecular weight is 688 g/mol. The lowest BCUT2D eigenvalue weighted by Gasteiger charge is -2.16. The van der Waals surface area contributed by atoms with E-state index in [-0.39, 0.29) is 0 Å². The minimum atomic E-state index is 0.889. The normalized spacial score (nSPS) is 11.7. The SMILES string of the molecule is c1ccc(-c2cc(-c3ccccc3)nc(-n3c4ccccc4c4cc5ccccc5c(-c5ccc6c(c5)c5ccccc5n6-c5ccccc5)c43)c2)cc1. The summed E-state index contributed by atoms with van der Waals surface area (Å²) in [6, 6.07) is 72.0. The molecule has 11 aromatic rings. The Labute approximate surface area is 312 Å². The fraction of sp³-hybridized carbons (Fsp3) is 0. The van der Waals surface area contributed by atoms with Crippen LogP contribution in [0.3, 0.4) is 0 Å². The zero-order chi connectivity index (χ0) is 35.6. The van der Waals surface area contributed by atoms with E-state index in [1.54, 1.807) is 0 Å². The fourth-order valence-corrected chi connectivity index (χ4v) is 8.49. The maximum Gasteiger partial charge on any atom is 0.138 e. The van der Waals surface area contributed by atoms with Crippen molar-refractivity contribution in [2.24, 2.45) is 0 Å². The molecule has 0 atom stereocenters. The Hall–Kier alpha value is -7.23. The van der Waals surface area contributed by atoms with Crippen LogP contribution in [0.25, 0.3) is 99.4 Å². The van der Waals surface area contributed by atoms with Crippen molar-refractivity contribution in [3.63, 3.8) is 0 Å². The van der Waals surface area contributed by atoms with Gasteiger partial charge in [-0.15, -0.1) is 0 Å². The van der Waals surface area contributed by atoms with Crippen molar-refractivity contribution >= 4 is 54.4 Å². The highest BCUT2D eigenvalue weighted by Crippen LogP contribution is 2.44. The highest BCUT2D eigenvalue weighted by atomic mass is 15.1. The van der Waals surface area contributed by atoms with Crippen LogP contribution < -0.4 is 0 Å². The molecular formula is C51H33N3. The van der Waals surface area contributed by atoms with Gasteiger partial charge in [-0.05, 0) is 82.1 Å². The van der Waals surface area contributed by atoms with Gasteiger partial charge in [0.1, 0.15) is 5.82 Å². The quantitative estimate of drug-likeness (QED) is 0.177. The summed E-state index contributed by atoms with van der Waals surface area (Å²) in [6.45, 7) is 0. The van der Waals surface area contributed by atoms with Gasteiger partial charge in [0.2, 0.25) is 0 Å². The van der Waals surface area contributed by atoms with Gasteiger partial charge in [0.15, 0.2) is 0 Å². The van der Waals surface area contributed by atoms with E-state index in [9.17, 15) is 0 Å². The predicted octanol–water partition coefficient (Wildman–Crippen LogP) is 13.4. The molecule has 8 aromatic carbocycles. The summed E-state index contributed by atoms with van der Waals surface area (Å²) in [5.74, 6) is 0.889. The van der Waals surface area contributed by atoms with Crippen molar-refractivity contribution < 1.29 is 0 Å². The maximum atomic E-state index is 5.47. The molecule has 0 amide bonds. The zero-order valence-corrected chi connectivity index (χ0v) is 29.4. The number of benzene rings is 8. The van der Waals surface area contributed by atoms with Crippen LogP contribution in [0.1, 0.15) is 0 Å². The number of hydrogen-bond acceptors (Lipinski definition) is 1. The van der Waals surface area contributed by atoms with Gasteiger partial charge in [-0.1, -0.05) is 146 Å². The molecule has 3 heteroatoms. The number of nitrogens with zero attached hydrogens (tertiary/aromatic N) is 3. The van der Waals surface area contributed by atoms with Crippen molar-refractivity contribution in [2.45, 2.75) is 0 Å². The molecule has 0 radical (unpaired) electrons. The van der Waals surface area contributed by atoms with Gasteiger partial charge < -0.3 is 4.57 Å². The van der Waals surface area contributed by atoms with E-state index in [2.05, 4.69) is 209 Å². The maximum absolute atomic E-state index is 5.47. The number of pyridine rings is 1. The third-order valence-corrected chi connectivity index (χ3v) is 10.9. The lowest BCUT2D eigenvalue weighted by atomic mass is 9.94. The highest BCUT2D eigenvalue weighted by Gasteiger charge is 2.22. The molecule has 0 N–H and O–H groups in total. The standard InChI is InChI=1S/C51H33N3/c1-4-16-34(17-5-1)38-32-45(35-18-6-2-7-19-35)52-49(33-38)54-47-27-15-13-25-42(47)44-30-36-20-10-11-23-40(36)50(51(44)54)37-28-29-48-43(31-37)41-24-12-14-26-46(41)53(48)39-21-8-3-9-22-39/h1-33H. The number of rotatable bonds is 5. The second kappa shape index (κ2) is 12.2. The first-order valence-electron chi connectivity index (χ1n) is 18.5. The van der Waals surface area contributed by atoms with Crippen molar-refractivity contribution in [1.29, 1.82) is 0 Å². The first-order valence-corrected chi connectivity index (χ1v) is 18.5. The average Bonchev–Trinajstić information content (AvgIpc) is 3.76. The number of fused-ring (bicyclic) bond motifs is 7. The monoisotopic (exact) mass is 687 g/mol. The van der Waals surface area contributed by atoms with Crippen LogP contribution in [0.2, 0.25) is 0 Å². The Morgan fingerprint density at radius 3 is 1.65 bits per heavy atom. The summed E-state index contributed by atoms with van der Waals surface area (Å²) < 4.78 is 4.79. The number of aromatic nitrogens is 3. The van der Waals surface area contributed by atoms with Crippen LogP contribution in [-0.4, -0.2) is 14.1 Å². The molecule has 3 nitrogen and oxygen atoms in total. The van der Waals surface area contributed by atoms with Gasteiger partial charge in [0.25, 0.3) is 0 Å². The molecule has 54 heavy (non-hydrogen) atoms. The highest BCUT2D eigenvalue weighted by molar-refractivity contribution is 6.22. The van der Waals surface area contributed by atoms with Crippen molar-refractivity contribution in [2.75, 3.05) is 0 Å².